The highest BCUT2D eigenvalue weighted by atomic mass is 32.1. The molecule has 2 N–H and O–H groups in total. The van der Waals surface area contributed by atoms with Crippen LogP contribution in [0.15, 0.2) is 36.4 Å². The number of rotatable bonds is 5. The summed E-state index contributed by atoms with van der Waals surface area (Å²) in [5, 5.41) is 0. The molecule has 2 aromatic rings. The van der Waals surface area contributed by atoms with Gasteiger partial charge in [-0.05, 0) is 48.4 Å². The summed E-state index contributed by atoms with van der Waals surface area (Å²) >= 11 is 4.93. The summed E-state index contributed by atoms with van der Waals surface area (Å²) in [6.07, 6.45) is 0. The number of ether oxygens (including phenoxy) is 2. The van der Waals surface area contributed by atoms with Gasteiger partial charge in [0.1, 0.15) is 17.4 Å². The maximum atomic E-state index is 13.3. The first-order valence-corrected chi connectivity index (χ1v) is 6.77. The molecule has 2 aromatic carbocycles. The van der Waals surface area contributed by atoms with Gasteiger partial charge in [-0.3, -0.25) is 0 Å². The highest BCUT2D eigenvalue weighted by Gasteiger charge is 2.09. The number of methoxy groups -OCH3 is 1. The van der Waals surface area contributed by atoms with Gasteiger partial charge in [0.25, 0.3) is 0 Å². The van der Waals surface area contributed by atoms with Crippen molar-refractivity contribution in [3.05, 3.63) is 58.9 Å². The van der Waals surface area contributed by atoms with E-state index in [1.165, 1.54) is 12.1 Å². The molecule has 110 valence electrons. The van der Waals surface area contributed by atoms with Crippen LogP contribution in [0.3, 0.4) is 0 Å². The number of benzene rings is 2. The molecule has 0 aliphatic carbocycles. The predicted molar refractivity (Wildman–Crippen MR) is 84.4 cm³/mol. The van der Waals surface area contributed by atoms with Crippen LogP contribution in [0.1, 0.15) is 16.7 Å². The van der Waals surface area contributed by atoms with Gasteiger partial charge < -0.3 is 15.2 Å². The number of hydrogen-bond acceptors (Lipinski definition) is 3. The molecule has 0 atom stereocenters. The molecule has 0 aromatic heterocycles. The van der Waals surface area contributed by atoms with Crippen molar-refractivity contribution in [2.45, 2.75) is 13.5 Å². The second kappa shape index (κ2) is 6.54. The zero-order valence-electron chi connectivity index (χ0n) is 11.9. The molecular formula is C16H16FNO2S. The fourth-order valence-electron chi connectivity index (χ4n) is 1.89. The van der Waals surface area contributed by atoms with Crippen molar-refractivity contribution in [1.82, 2.24) is 0 Å². The van der Waals surface area contributed by atoms with E-state index in [2.05, 4.69) is 0 Å². The van der Waals surface area contributed by atoms with E-state index in [-0.39, 0.29) is 12.4 Å². The first-order valence-electron chi connectivity index (χ1n) is 6.37. The van der Waals surface area contributed by atoms with E-state index in [0.717, 1.165) is 11.1 Å². The largest absolute Gasteiger partial charge is 0.493 e. The van der Waals surface area contributed by atoms with Gasteiger partial charge in [-0.25, -0.2) is 4.39 Å². The van der Waals surface area contributed by atoms with Crippen LogP contribution in [0, 0.1) is 12.7 Å². The van der Waals surface area contributed by atoms with Crippen LogP contribution >= 0.6 is 12.2 Å². The third-order valence-electron chi connectivity index (χ3n) is 3.14. The fourth-order valence-corrected chi connectivity index (χ4v) is 2.02. The lowest BCUT2D eigenvalue weighted by Gasteiger charge is -2.13. The Hall–Kier alpha value is -2.14. The van der Waals surface area contributed by atoms with E-state index in [9.17, 15) is 4.39 Å². The molecule has 0 saturated heterocycles. The summed E-state index contributed by atoms with van der Waals surface area (Å²) in [5.74, 6) is 0.811. The topological polar surface area (TPSA) is 44.5 Å². The number of aryl methyl sites for hydroxylation is 1. The maximum Gasteiger partial charge on any atom is 0.161 e. The lowest BCUT2D eigenvalue weighted by Crippen LogP contribution is -2.09. The molecular weight excluding hydrogens is 289 g/mol. The minimum Gasteiger partial charge on any atom is -0.493 e. The molecule has 0 heterocycles. The quantitative estimate of drug-likeness (QED) is 0.860. The van der Waals surface area contributed by atoms with Gasteiger partial charge in [0.15, 0.2) is 11.5 Å². The van der Waals surface area contributed by atoms with Gasteiger partial charge in [-0.1, -0.05) is 18.3 Å². The first-order chi connectivity index (χ1) is 10.0. The van der Waals surface area contributed by atoms with E-state index >= 15 is 0 Å². The Kier molecular flexibility index (Phi) is 4.75. The van der Waals surface area contributed by atoms with Crippen molar-refractivity contribution in [1.29, 1.82) is 0 Å². The second-order valence-electron chi connectivity index (χ2n) is 4.59. The van der Waals surface area contributed by atoms with Crippen molar-refractivity contribution in [3.63, 3.8) is 0 Å². The standard InChI is InChI=1S/C16H16FNO2S/c1-10-3-5-13(17)7-12(10)9-20-14-6-4-11(16(18)21)8-15(14)19-2/h3-8H,9H2,1-2H3,(H2,18,21). The number of halogens is 1. The zero-order chi connectivity index (χ0) is 15.4. The van der Waals surface area contributed by atoms with E-state index in [1.54, 1.807) is 31.4 Å². The molecule has 0 radical (unpaired) electrons. The van der Waals surface area contributed by atoms with E-state index in [0.29, 0.717) is 22.1 Å². The Morgan fingerprint density at radius 1 is 1.19 bits per heavy atom. The van der Waals surface area contributed by atoms with Gasteiger partial charge in [-0.15, -0.1) is 0 Å². The van der Waals surface area contributed by atoms with Gasteiger partial charge in [0.05, 0.1) is 7.11 Å². The molecule has 0 saturated carbocycles. The predicted octanol–water partition coefficient (Wildman–Crippen LogP) is 3.36. The van der Waals surface area contributed by atoms with Crippen LogP contribution in [0.2, 0.25) is 0 Å². The van der Waals surface area contributed by atoms with Crippen molar-refractivity contribution >= 4 is 17.2 Å². The summed E-state index contributed by atoms with van der Waals surface area (Å²) in [7, 11) is 1.54. The Balaban J connectivity index is 2.19. The second-order valence-corrected chi connectivity index (χ2v) is 5.03. The van der Waals surface area contributed by atoms with Crippen LogP contribution in [0.4, 0.5) is 4.39 Å². The summed E-state index contributed by atoms with van der Waals surface area (Å²) < 4.78 is 24.2. The van der Waals surface area contributed by atoms with Gasteiger partial charge in [0, 0.05) is 5.56 Å². The Morgan fingerprint density at radius 3 is 2.62 bits per heavy atom. The summed E-state index contributed by atoms with van der Waals surface area (Å²) in [6.45, 7) is 2.16. The molecule has 0 spiro atoms. The van der Waals surface area contributed by atoms with E-state index < -0.39 is 0 Å². The highest BCUT2D eigenvalue weighted by molar-refractivity contribution is 7.80. The molecule has 0 fully saturated rings. The molecule has 0 bridgehead atoms. The van der Waals surface area contributed by atoms with Crippen molar-refractivity contribution in [2.75, 3.05) is 7.11 Å². The molecule has 0 aliphatic heterocycles. The smallest absolute Gasteiger partial charge is 0.161 e. The fraction of sp³-hybridized carbons (Fsp3) is 0.188. The van der Waals surface area contributed by atoms with Crippen LogP contribution in [-0.2, 0) is 6.61 Å². The number of hydrogen-bond donors (Lipinski definition) is 1. The first kappa shape index (κ1) is 15.3. The maximum absolute atomic E-state index is 13.3. The van der Waals surface area contributed by atoms with Gasteiger partial charge in [0.2, 0.25) is 0 Å². The molecule has 5 heteroatoms. The third-order valence-corrected chi connectivity index (χ3v) is 3.38. The van der Waals surface area contributed by atoms with Crippen LogP contribution in [0.25, 0.3) is 0 Å². The molecule has 0 unspecified atom stereocenters. The third kappa shape index (κ3) is 3.70. The Bertz CT molecular complexity index is 673. The van der Waals surface area contributed by atoms with Crippen LogP contribution in [-0.4, -0.2) is 12.1 Å². The lowest BCUT2D eigenvalue weighted by molar-refractivity contribution is 0.283. The average Bonchev–Trinajstić information content (AvgIpc) is 2.47. The zero-order valence-corrected chi connectivity index (χ0v) is 12.7. The summed E-state index contributed by atoms with van der Waals surface area (Å²) in [4.78, 5) is 0.292. The van der Waals surface area contributed by atoms with Crippen LogP contribution < -0.4 is 15.2 Å². The average molecular weight is 305 g/mol. The molecule has 2 rings (SSSR count). The Labute approximate surface area is 128 Å². The monoisotopic (exact) mass is 305 g/mol. The van der Waals surface area contributed by atoms with Gasteiger partial charge >= 0.3 is 0 Å². The molecule has 0 amide bonds. The van der Waals surface area contributed by atoms with Gasteiger partial charge in [-0.2, -0.15) is 0 Å². The Morgan fingerprint density at radius 2 is 1.95 bits per heavy atom. The number of nitrogens with two attached hydrogens (primary N) is 1. The van der Waals surface area contributed by atoms with Crippen molar-refractivity contribution in [2.24, 2.45) is 5.73 Å². The van der Waals surface area contributed by atoms with Crippen LogP contribution in [0.5, 0.6) is 11.5 Å². The SMILES string of the molecule is COc1cc(C(N)=S)ccc1OCc1cc(F)ccc1C. The van der Waals surface area contributed by atoms with Crippen molar-refractivity contribution in [3.8, 4) is 11.5 Å². The molecule has 21 heavy (non-hydrogen) atoms. The number of thiocarbonyl (C=S) groups is 1. The molecule has 3 nitrogen and oxygen atoms in total. The minimum absolute atomic E-state index is 0.256. The van der Waals surface area contributed by atoms with E-state index in [4.69, 9.17) is 27.4 Å². The summed E-state index contributed by atoms with van der Waals surface area (Å²) in [5.41, 5.74) is 8.04. The summed E-state index contributed by atoms with van der Waals surface area (Å²) in [6, 6.07) is 9.83. The minimum atomic E-state index is -0.282. The molecule has 0 aliphatic rings. The highest BCUT2D eigenvalue weighted by Crippen LogP contribution is 2.29. The van der Waals surface area contributed by atoms with E-state index in [1.807, 2.05) is 6.92 Å². The van der Waals surface area contributed by atoms with Crippen molar-refractivity contribution < 1.29 is 13.9 Å². The normalized spacial score (nSPS) is 10.2. The lowest BCUT2D eigenvalue weighted by atomic mass is 10.1.